The second-order valence-corrected chi connectivity index (χ2v) is 7.68. The van der Waals surface area contributed by atoms with Gasteiger partial charge in [-0.2, -0.15) is 0 Å². The third-order valence-electron chi connectivity index (χ3n) is 5.04. The number of carbonyl (C=O) groups is 2. The summed E-state index contributed by atoms with van der Waals surface area (Å²) in [6.45, 7) is 2.68. The van der Waals surface area contributed by atoms with Gasteiger partial charge in [0, 0.05) is 6.54 Å². The fraction of sp³-hybridized carbons (Fsp3) is 0.429. The highest BCUT2D eigenvalue weighted by Crippen LogP contribution is 2.24. The van der Waals surface area contributed by atoms with E-state index in [1.165, 1.54) is 11.3 Å². The molecule has 1 fully saturated rings. The van der Waals surface area contributed by atoms with E-state index in [0.29, 0.717) is 17.8 Å². The topological polar surface area (TPSA) is 58.6 Å². The van der Waals surface area contributed by atoms with Crippen LogP contribution in [0.4, 0.5) is 0 Å². The summed E-state index contributed by atoms with van der Waals surface area (Å²) in [7, 11) is 1.64. The fourth-order valence-electron chi connectivity index (χ4n) is 3.51. The van der Waals surface area contributed by atoms with Crippen molar-refractivity contribution in [3.8, 4) is 5.75 Å². The van der Waals surface area contributed by atoms with Crippen LogP contribution in [0.1, 0.15) is 53.9 Å². The Kier molecular flexibility index (Phi) is 6.50. The van der Waals surface area contributed by atoms with E-state index in [4.69, 9.17) is 4.74 Å². The van der Waals surface area contributed by atoms with Gasteiger partial charge in [0.05, 0.1) is 18.0 Å². The number of amides is 2. The number of piperidine rings is 1. The summed E-state index contributed by atoms with van der Waals surface area (Å²) < 4.78 is 5.20. The van der Waals surface area contributed by atoms with Gasteiger partial charge in [0.1, 0.15) is 11.8 Å². The number of thiophene rings is 1. The average Bonchev–Trinajstić information content (AvgIpc) is 3.26. The van der Waals surface area contributed by atoms with Gasteiger partial charge in [-0.05, 0) is 54.8 Å². The lowest BCUT2D eigenvalue weighted by Gasteiger charge is -2.35. The Bertz CT molecular complexity index is 758. The maximum absolute atomic E-state index is 13.0. The quantitative estimate of drug-likeness (QED) is 0.816. The standard InChI is InChI=1S/C21H26N2O3S/c1-3-17(15-9-11-16(26-2)12-10-15)22-20(24)18-7-4-5-13-23(18)21(25)19-8-6-14-27-19/h6,8-12,14,17-18H,3-5,7,13H2,1-2H3,(H,22,24). The number of methoxy groups -OCH3 is 1. The van der Waals surface area contributed by atoms with Crippen molar-refractivity contribution in [1.82, 2.24) is 10.2 Å². The molecule has 2 heterocycles. The first-order valence-electron chi connectivity index (χ1n) is 9.42. The maximum Gasteiger partial charge on any atom is 0.264 e. The Hall–Kier alpha value is -2.34. The maximum atomic E-state index is 13.0. The van der Waals surface area contributed by atoms with E-state index in [1.807, 2.05) is 48.7 Å². The molecule has 1 aromatic carbocycles. The van der Waals surface area contributed by atoms with Crippen molar-refractivity contribution in [1.29, 1.82) is 0 Å². The first kappa shape index (κ1) is 19.4. The van der Waals surface area contributed by atoms with Gasteiger partial charge in [0.15, 0.2) is 0 Å². The van der Waals surface area contributed by atoms with E-state index in [-0.39, 0.29) is 17.9 Å². The molecule has 0 spiro atoms. The Balaban J connectivity index is 1.72. The van der Waals surface area contributed by atoms with Crippen LogP contribution in [0.25, 0.3) is 0 Å². The lowest BCUT2D eigenvalue weighted by atomic mass is 9.99. The van der Waals surface area contributed by atoms with Crippen LogP contribution < -0.4 is 10.1 Å². The van der Waals surface area contributed by atoms with Gasteiger partial charge in [-0.15, -0.1) is 11.3 Å². The van der Waals surface area contributed by atoms with Crippen molar-refractivity contribution in [2.24, 2.45) is 0 Å². The Morgan fingerprint density at radius 3 is 2.67 bits per heavy atom. The van der Waals surface area contributed by atoms with Crippen LogP contribution in [0.15, 0.2) is 41.8 Å². The molecule has 0 aliphatic carbocycles. The summed E-state index contributed by atoms with van der Waals surface area (Å²) in [6.07, 6.45) is 3.40. The lowest BCUT2D eigenvalue weighted by molar-refractivity contribution is -0.127. The van der Waals surface area contributed by atoms with Gasteiger partial charge >= 0.3 is 0 Å². The number of ether oxygens (including phenoxy) is 1. The van der Waals surface area contributed by atoms with Crippen LogP contribution in [-0.4, -0.2) is 36.4 Å². The van der Waals surface area contributed by atoms with Crippen molar-refractivity contribution in [3.05, 3.63) is 52.2 Å². The normalized spacial score (nSPS) is 18.0. The highest BCUT2D eigenvalue weighted by atomic mass is 32.1. The van der Waals surface area contributed by atoms with E-state index in [0.717, 1.165) is 30.6 Å². The second kappa shape index (κ2) is 9.04. The van der Waals surface area contributed by atoms with Gasteiger partial charge in [-0.25, -0.2) is 0 Å². The molecule has 3 rings (SSSR count). The number of likely N-dealkylation sites (tertiary alicyclic amines) is 1. The smallest absolute Gasteiger partial charge is 0.264 e. The highest BCUT2D eigenvalue weighted by Gasteiger charge is 2.33. The van der Waals surface area contributed by atoms with Gasteiger partial charge < -0.3 is 15.0 Å². The largest absolute Gasteiger partial charge is 0.497 e. The van der Waals surface area contributed by atoms with E-state index < -0.39 is 6.04 Å². The third-order valence-corrected chi connectivity index (χ3v) is 5.90. The molecule has 0 radical (unpaired) electrons. The average molecular weight is 387 g/mol. The number of hydrogen-bond donors (Lipinski definition) is 1. The Morgan fingerprint density at radius 1 is 1.26 bits per heavy atom. The zero-order valence-corrected chi connectivity index (χ0v) is 16.6. The van der Waals surface area contributed by atoms with E-state index in [1.54, 1.807) is 12.0 Å². The summed E-state index contributed by atoms with van der Waals surface area (Å²) in [4.78, 5) is 28.3. The molecule has 1 aromatic heterocycles. The second-order valence-electron chi connectivity index (χ2n) is 6.73. The third kappa shape index (κ3) is 4.50. The van der Waals surface area contributed by atoms with Crippen molar-refractivity contribution < 1.29 is 14.3 Å². The number of rotatable bonds is 6. The van der Waals surface area contributed by atoms with Crippen LogP contribution >= 0.6 is 11.3 Å². The van der Waals surface area contributed by atoms with E-state index >= 15 is 0 Å². The van der Waals surface area contributed by atoms with Crippen LogP contribution in [0.3, 0.4) is 0 Å². The number of benzene rings is 1. The first-order chi connectivity index (χ1) is 13.1. The van der Waals surface area contributed by atoms with Gasteiger partial charge in [-0.3, -0.25) is 9.59 Å². The van der Waals surface area contributed by atoms with Crippen molar-refractivity contribution >= 4 is 23.2 Å². The minimum Gasteiger partial charge on any atom is -0.497 e. The molecule has 2 aromatic rings. The molecule has 6 heteroatoms. The molecule has 2 amide bonds. The highest BCUT2D eigenvalue weighted by molar-refractivity contribution is 7.12. The zero-order chi connectivity index (χ0) is 19.2. The van der Waals surface area contributed by atoms with Crippen LogP contribution in [0.2, 0.25) is 0 Å². The fourth-order valence-corrected chi connectivity index (χ4v) is 4.19. The SMILES string of the molecule is CCC(NC(=O)C1CCCCN1C(=O)c1cccs1)c1ccc(OC)cc1. The van der Waals surface area contributed by atoms with Crippen molar-refractivity contribution in [2.45, 2.75) is 44.7 Å². The molecular formula is C21H26N2O3S. The predicted molar refractivity (Wildman–Crippen MR) is 107 cm³/mol. The van der Waals surface area contributed by atoms with Gasteiger partial charge in [-0.1, -0.05) is 25.1 Å². The molecule has 144 valence electrons. The number of hydrogen-bond acceptors (Lipinski definition) is 4. The molecule has 1 aliphatic heterocycles. The van der Waals surface area contributed by atoms with Crippen molar-refractivity contribution in [2.75, 3.05) is 13.7 Å². The monoisotopic (exact) mass is 386 g/mol. The molecule has 0 saturated carbocycles. The molecule has 2 atom stereocenters. The summed E-state index contributed by atoms with van der Waals surface area (Å²) >= 11 is 1.42. The minimum absolute atomic E-state index is 0.0395. The summed E-state index contributed by atoms with van der Waals surface area (Å²) in [5.74, 6) is 0.685. The molecule has 27 heavy (non-hydrogen) atoms. The minimum atomic E-state index is -0.402. The Morgan fingerprint density at radius 2 is 2.04 bits per heavy atom. The molecule has 0 bridgehead atoms. The van der Waals surface area contributed by atoms with E-state index in [9.17, 15) is 9.59 Å². The number of nitrogens with zero attached hydrogens (tertiary/aromatic N) is 1. The molecule has 1 aliphatic rings. The van der Waals surface area contributed by atoms with Crippen molar-refractivity contribution in [3.63, 3.8) is 0 Å². The van der Waals surface area contributed by atoms with Gasteiger partial charge in [0.25, 0.3) is 5.91 Å². The molecule has 1 N–H and O–H groups in total. The van der Waals surface area contributed by atoms with Crippen LogP contribution in [-0.2, 0) is 4.79 Å². The van der Waals surface area contributed by atoms with Crippen LogP contribution in [0.5, 0.6) is 5.75 Å². The summed E-state index contributed by atoms with van der Waals surface area (Å²) in [5, 5.41) is 5.04. The van der Waals surface area contributed by atoms with Gasteiger partial charge in [0.2, 0.25) is 5.91 Å². The molecule has 2 unspecified atom stereocenters. The lowest BCUT2D eigenvalue weighted by Crippen LogP contribution is -2.52. The summed E-state index contributed by atoms with van der Waals surface area (Å²) in [5.41, 5.74) is 1.04. The Labute approximate surface area is 164 Å². The van der Waals surface area contributed by atoms with E-state index in [2.05, 4.69) is 5.32 Å². The molecule has 1 saturated heterocycles. The predicted octanol–water partition coefficient (Wildman–Crippen LogP) is 4.02. The zero-order valence-electron chi connectivity index (χ0n) is 15.8. The first-order valence-corrected chi connectivity index (χ1v) is 10.3. The molecular weight excluding hydrogens is 360 g/mol. The van der Waals surface area contributed by atoms with Crippen LogP contribution in [0, 0.1) is 0 Å². The summed E-state index contributed by atoms with van der Waals surface area (Å²) in [6, 6.07) is 11.0. The number of nitrogens with one attached hydrogen (secondary N) is 1. The molecule has 5 nitrogen and oxygen atoms in total. The number of carbonyl (C=O) groups excluding carboxylic acids is 2.